The van der Waals surface area contributed by atoms with Crippen LogP contribution < -0.4 is 5.73 Å². The van der Waals surface area contributed by atoms with Crippen LogP contribution in [0, 0.1) is 0 Å². The zero-order chi connectivity index (χ0) is 12.8. The lowest BCUT2D eigenvalue weighted by Crippen LogP contribution is -2.00. The van der Waals surface area contributed by atoms with E-state index >= 15 is 0 Å². The second kappa shape index (κ2) is 13.8. The van der Waals surface area contributed by atoms with Crippen LogP contribution in [0.2, 0.25) is 0 Å². The monoisotopic (exact) mass is 238 g/mol. The molecule has 0 fully saturated rings. The Kier molecular flexibility index (Phi) is 13.5. The molecule has 0 aliphatic heterocycles. The van der Waals surface area contributed by atoms with Crippen molar-refractivity contribution in [1.82, 2.24) is 5.73 Å². The molecule has 0 rings (SSSR count). The standard InChI is InChI=1S/C16H32N/c1-3-4-5-6-7-8-9-10-11-12-13-14-15-16(2)17/h6-7,16-17H,3-5,8-15H2,1-2H3. The molecule has 1 heteroatoms. The van der Waals surface area contributed by atoms with Crippen molar-refractivity contribution in [3.8, 4) is 0 Å². The number of nitrogens with one attached hydrogen (secondary N) is 1. The van der Waals surface area contributed by atoms with Gasteiger partial charge in [-0.1, -0.05) is 64.0 Å². The summed E-state index contributed by atoms with van der Waals surface area (Å²) in [6.07, 6.45) is 19.0. The third kappa shape index (κ3) is 15.7. The fraction of sp³-hybridized carbons (Fsp3) is 0.875. The molecule has 0 bridgehead atoms. The van der Waals surface area contributed by atoms with Crippen molar-refractivity contribution in [2.75, 3.05) is 0 Å². The zero-order valence-corrected chi connectivity index (χ0v) is 12.0. The molecule has 1 atom stereocenters. The van der Waals surface area contributed by atoms with Crippen molar-refractivity contribution < 1.29 is 0 Å². The fourth-order valence-corrected chi connectivity index (χ4v) is 1.98. The smallest absolute Gasteiger partial charge is 0.0184 e. The van der Waals surface area contributed by atoms with Crippen molar-refractivity contribution >= 4 is 0 Å². The van der Waals surface area contributed by atoms with Crippen LogP contribution in [0.25, 0.3) is 0 Å². The van der Waals surface area contributed by atoms with Gasteiger partial charge in [-0.05, 0) is 32.6 Å². The van der Waals surface area contributed by atoms with E-state index in [0.29, 0.717) is 0 Å². The van der Waals surface area contributed by atoms with Crippen LogP contribution in [0.3, 0.4) is 0 Å². The predicted molar refractivity (Wildman–Crippen MR) is 78.2 cm³/mol. The highest BCUT2D eigenvalue weighted by molar-refractivity contribution is 4.81. The maximum absolute atomic E-state index is 7.41. The van der Waals surface area contributed by atoms with E-state index in [4.69, 9.17) is 5.73 Å². The first-order valence-electron chi connectivity index (χ1n) is 7.63. The largest absolute Gasteiger partial charge is 0.255 e. The molecule has 0 spiro atoms. The third-order valence-corrected chi connectivity index (χ3v) is 3.15. The Morgan fingerprint density at radius 1 is 0.824 bits per heavy atom. The molecular formula is C16H32N. The average Bonchev–Trinajstić information content (AvgIpc) is 2.30. The van der Waals surface area contributed by atoms with Gasteiger partial charge in [-0.3, -0.25) is 5.73 Å². The summed E-state index contributed by atoms with van der Waals surface area (Å²) in [6.45, 7) is 4.24. The van der Waals surface area contributed by atoms with Crippen LogP contribution in [0.5, 0.6) is 0 Å². The summed E-state index contributed by atoms with van der Waals surface area (Å²) >= 11 is 0. The minimum absolute atomic E-state index is 0.142. The van der Waals surface area contributed by atoms with Crippen molar-refractivity contribution in [2.24, 2.45) is 0 Å². The first kappa shape index (κ1) is 16.7. The molecule has 0 heterocycles. The van der Waals surface area contributed by atoms with Gasteiger partial charge in [0, 0.05) is 6.04 Å². The Labute approximate surface area is 109 Å². The summed E-state index contributed by atoms with van der Waals surface area (Å²) < 4.78 is 0. The van der Waals surface area contributed by atoms with Crippen molar-refractivity contribution in [3.05, 3.63) is 12.2 Å². The molecule has 0 aromatic carbocycles. The van der Waals surface area contributed by atoms with E-state index in [2.05, 4.69) is 19.1 Å². The average molecular weight is 238 g/mol. The molecule has 0 amide bonds. The van der Waals surface area contributed by atoms with Crippen LogP contribution in [0.1, 0.15) is 84.5 Å². The Morgan fingerprint density at radius 3 is 1.94 bits per heavy atom. The topological polar surface area (TPSA) is 23.8 Å². The van der Waals surface area contributed by atoms with E-state index in [1.807, 2.05) is 6.92 Å². The zero-order valence-electron chi connectivity index (χ0n) is 12.0. The normalized spacial score (nSPS) is 13.4. The molecule has 17 heavy (non-hydrogen) atoms. The van der Waals surface area contributed by atoms with Crippen LogP contribution in [0.4, 0.5) is 0 Å². The second-order valence-corrected chi connectivity index (χ2v) is 5.21. The van der Waals surface area contributed by atoms with Gasteiger partial charge in [0.05, 0.1) is 0 Å². The van der Waals surface area contributed by atoms with Gasteiger partial charge >= 0.3 is 0 Å². The maximum atomic E-state index is 7.41. The molecule has 1 N–H and O–H groups in total. The Morgan fingerprint density at radius 2 is 1.35 bits per heavy atom. The summed E-state index contributed by atoms with van der Waals surface area (Å²) in [6, 6.07) is 0.142. The maximum Gasteiger partial charge on any atom is 0.0184 e. The van der Waals surface area contributed by atoms with Crippen molar-refractivity contribution in [2.45, 2.75) is 90.5 Å². The van der Waals surface area contributed by atoms with Crippen molar-refractivity contribution in [3.63, 3.8) is 0 Å². The minimum Gasteiger partial charge on any atom is -0.255 e. The van der Waals surface area contributed by atoms with Crippen LogP contribution in [-0.4, -0.2) is 6.04 Å². The van der Waals surface area contributed by atoms with E-state index in [-0.39, 0.29) is 6.04 Å². The van der Waals surface area contributed by atoms with Gasteiger partial charge in [-0.15, -0.1) is 0 Å². The van der Waals surface area contributed by atoms with Crippen LogP contribution in [0.15, 0.2) is 12.2 Å². The molecule has 0 saturated carbocycles. The van der Waals surface area contributed by atoms with Gasteiger partial charge in [0.1, 0.15) is 0 Å². The van der Waals surface area contributed by atoms with Gasteiger partial charge in [0.2, 0.25) is 0 Å². The van der Waals surface area contributed by atoms with Gasteiger partial charge in [0.25, 0.3) is 0 Å². The van der Waals surface area contributed by atoms with E-state index in [1.54, 1.807) is 0 Å². The number of allylic oxidation sites excluding steroid dienone is 2. The molecule has 1 unspecified atom stereocenters. The highest BCUT2D eigenvalue weighted by atomic mass is 14.6. The fourth-order valence-electron chi connectivity index (χ4n) is 1.98. The Balaban J connectivity index is 3.01. The SMILES string of the molecule is CCCCC=CCCCCCCCCC(C)[NH]. The van der Waals surface area contributed by atoms with E-state index < -0.39 is 0 Å². The molecule has 0 aromatic heterocycles. The molecule has 0 saturated heterocycles. The highest BCUT2D eigenvalue weighted by Crippen LogP contribution is 2.10. The Hall–Kier alpha value is -0.300. The van der Waals surface area contributed by atoms with E-state index in [0.717, 1.165) is 6.42 Å². The molecule has 0 aliphatic carbocycles. The number of hydrogen-bond acceptors (Lipinski definition) is 0. The van der Waals surface area contributed by atoms with Crippen LogP contribution >= 0.6 is 0 Å². The lowest BCUT2D eigenvalue weighted by atomic mass is 10.1. The van der Waals surface area contributed by atoms with Crippen LogP contribution in [-0.2, 0) is 0 Å². The highest BCUT2D eigenvalue weighted by Gasteiger charge is 1.95. The Bertz CT molecular complexity index is 161. The van der Waals surface area contributed by atoms with Gasteiger partial charge in [-0.2, -0.15) is 0 Å². The van der Waals surface area contributed by atoms with Crippen molar-refractivity contribution in [1.29, 1.82) is 0 Å². The number of rotatable bonds is 12. The molecular weight excluding hydrogens is 206 g/mol. The van der Waals surface area contributed by atoms with Gasteiger partial charge in [-0.25, -0.2) is 0 Å². The van der Waals surface area contributed by atoms with Gasteiger partial charge < -0.3 is 0 Å². The summed E-state index contributed by atoms with van der Waals surface area (Å²) in [4.78, 5) is 0. The predicted octanol–water partition coefficient (Wildman–Crippen LogP) is 5.53. The summed E-state index contributed by atoms with van der Waals surface area (Å²) in [5.41, 5.74) is 7.41. The molecule has 1 nitrogen and oxygen atoms in total. The van der Waals surface area contributed by atoms with Gasteiger partial charge in [0.15, 0.2) is 0 Å². The lowest BCUT2D eigenvalue weighted by Gasteiger charge is -2.03. The first-order chi connectivity index (χ1) is 8.27. The molecule has 101 valence electrons. The molecule has 0 aliphatic rings. The summed E-state index contributed by atoms with van der Waals surface area (Å²) in [7, 11) is 0. The summed E-state index contributed by atoms with van der Waals surface area (Å²) in [5, 5.41) is 0. The van der Waals surface area contributed by atoms with E-state index in [1.165, 1.54) is 64.2 Å². The first-order valence-corrected chi connectivity index (χ1v) is 7.63. The summed E-state index contributed by atoms with van der Waals surface area (Å²) in [5.74, 6) is 0. The molecule has 1 radical (unpaired) electrons. The minimum atomic E-state index is 0.142. The third-order valence-electron chi connectivity index (χ3n) is 3.15. The second-order valence-electron chi connectivity index (χ2n) is 5.21. The lowest BCUT2D eigenvalue weighted by molar-refractivity contribution is 0.544. The number of hydrogen-bond donors (Lipinski definition) is 0. The number of unbranched alkanes of at least 4 members (excludes halogenated alkanes) is 8. The quantitative estimate of drug-likeness (QED) is 0.315. The molecule has 0 aromatic rings. The van der Waals surface area contributed by atoms with E-state index in [9.17, 15) is 0 Å².